The van der Waals surface area contributed by atoms with Crippen molar-refractivity contribution in [1.29, 1.82) is 5.26 Å². The first-order valence-corrected chi connectivity index (χ1v) is 8.92. The summed E-state index contributed by atoms with van der Waals surface area (Å²) in [5.41, 5.74) is 1.43. The van der Waals surface area contributed by atoms with Gasteiger partial charge < -0.3 is 10.6 Å². The summed E-state index contributed by atoms with van der Waals surface area (Å²) in [6, 6.07) is 14.4. The van der Waals surface area contributed by atoms with Crippen molar-refractivity contribution in [1.82, 2.24) is 10.2 Å². The number of rotatable bonds is 7. The highest BCUT2D eigenvalue weighted by Gasteiger charge is 2.24. The highest BCUT2D eigenvalue weighted by Crippen LogP contribution is 2.15. The van der Waals surface area contributed by atoms with E-state index in [1.165, 1.54) is 24.3 Å². The van der Waals surface area contributed by atoms with E-state index in [-0.39, 0.29) is 23.3 Å². The molecule has 1 unspecified atom stereocenters. The number of nitro benzene ring substituents is 1. The molecule has 0 spiro atoms. The molecule has 144 valence electrons. The molecule has 0 heterocycles. The molecule has 9 heteroatoms. The number of carbonyl (C=O) groups is 1. The normalized spacial score (nSPS) is 11.0. The molecule has 0 aliphatic heterocycles. The Hall–Kier alpha value is -3.51. The van der Waals surface area contributed by atoms with Crippen LogP contribution in [-0.4, -0.2) is 33.4 Å². The lowest BCUT2D eigenvalue weighted by molar-refractivity contribution is -0.384. The zero-order chi connectivity index (χ0) is 20.5. The average molecular weight is 397 g/mol. The van der Waals surface area contributed by atoms with E-state index in [9.17, 15) is 20.2 Å². The van der Waals surface area contributed by atoms with Gasteiger partial charge in [-0.3, -0.25) is 14.9 Å². The predicted molar refractivity (Wildman–Crippen MR) is 109 cm³/mol. The van der Waals surface area contributed by atoms with Crippen molar-refractivity contribution in [2.45, 2.75) is 19.4 Å². The Morgan fingerprint density at radius 3 is 2.43 bits per heavy atom. The van der Waals surface area contributed by atoms with Gasteiger partial charge in [-0.05, 0) is 36.8 Å². The molecule has 0 saturated carbocycles. The summed E-state index contributed by atoms with van der Waals surface area (Å²) in [6.07, 6.45) is 2.22. The first-order chi connectivity index (χ1) is 13.4. The quantitative estimate of drug-likeness (QED) is 0.243. The van der Waals surface area contributed by atoms with Crippen molar-refractivity contribution in [3.8, 4) is 6.19 Å². The van der Waals surface area contributed by atoms with Crippen LogP contribution >= 0.6 is 12.2 Å². The van der Waals surface area contributed by atoms with Gasteiger partial charge in [-0.25, -0.2) is 4.90 Å². The van der Waals surface area contributed by atoms with Gasteiger partial charge in [0.15, 0.2) is 11.3 Å². The van der Waals surface area contributed by atoms with Gasteiger partial charge in [0.05, 0.1) is 4.92 Å². The van der Waals surface area contributed by atoms with E-state index in [0.717, 1.165) is 10.5 Å². The Morgan fingerprint density at radius 1 is 1.25 bits per heavy atom. The molecule has 0 radical (unpaired) electrons. The minimum absolute atomic E-state index is 0.0332. The number of nitriles is 1. The summed E-state index contributed by atoms with van der Waals surface area (Å²) >= 11 is 5.28. The molecule has 2 rings (SSSR count). The van der Waals surface area contributed by atoms with Crippen molar-refractivity contribution in [3.05, 3.63) is 70.3 Å². The number of non-ortho nitro benzene ring substituents is 1. The number of hydrogen-bond acceptors (Lipinski definition) is 5. The summed E-state index contributed by atoms with van der Waals surface area (Å²) in [6.45, 7) is 1.97. The summed E-state index contributed by atoms with van der Waals surface area (Å²) in [7, 11) is 0. The molecule has 0 aromatic heterocycles. The molecule has 1 atom stereocenters. The topological polar surface area (TPSA) is 111 Å². The molecule has 2 aromatic carbocycles. The first kappa shape index (κ1) is 20.8. The van der Waals surface area contributed by atoms with Gasteiger partial charge in [0, 0.05) is 30.8 Å². The number of carbonyl (C=O) groups excluding carboxylic acids is 1. The molecule has 8 nitrogen and oxygen atoms in total. The third kappa shape index (κ3) is 5.75. The fourth-order valence-corrected chi connectivity index (χ4v) is 2.77. The van der Waals surface area contributed by atoms with Gasteiger partial charge in [-0.15, -0.1) is 0 Å². The number of nitrogens with zero attached hydrogens (tertiary/aromatic N) is 3. The van der Waals surface area contributed by atoms with Crippen LogP contribution in [0.5, 0.6) is 0 Å². The number of anilines is 1. The number of hydrogen-bond donors (Lipinski definition) is 2. The molecular weight excluding hydrogens is 378 g/mol. The second kappa shape index (κ2) is 9.99. The maximum atomic E-state index is 12.7. The van der Waals surface area contributed by atoms with Gasteiger partial charge in [-0.1, -0.05) is 30.3 Å². The number of nitrogens with one attached hydrogen (secondary N) is 2. The highest BCUT2D eigenvalue weighted by molar-refractivity contribution is 7.80. The molecule has 28 heavy (non-hydrogen) atoms. The fraction of sp³-hybridized carbons (Fsp3) is 0.211. The van der Waals surface area contributed by atoms with E-state index < -0.39 is 11.0 Å². The predicted octanol–water partition coefficient (Wildman–Crippen LogP) is 2.82. The van der Waals surface area contributed by atoms with Crippen LogP contribution in [0.15, 0.2) is 54.6 Å². The van der Waals surface area contributed by atoms with Crippen LogP contribution in [-0.2, 0) is 11.2 Å². The summed E-state index contributed by atoms with van der Waals surface area (Å²) in [5.74, 6) is -0.387. The van der Waals surface area contributed by atoms with Gasteiger partial charge in [0.2, 0.25) is 0 Å². The molecule has 2 aromatic rings. The maximum Gasteiger partial charge on any atom is 0.269 e. The molecule has 0 aliphatic rings. The maximum absolute atomic E-state index is 12.7. The van der Waals surface area contributed by atoms with E-state index >= 15 is 0 Å². The number of likely N-dealkylation sites (N-methyl/N-ethyl adjacent to an activating group) is 1. The third-order valence-corrected chi connectivity index (χ3v) is 4.14. The highest BCUT2D eigenvalue weighted by atomic mass is 32.1. The Kier molecular flexibility index (Phi) is 7.42. The smallest absolute Gasteiger partial charge is 0.269 e. The van der Waals surface area contributed by atoms with Crippen LogP contribution < -0.4 is 10.6 Å². The zero-order valence-corrected chi connectivity index (χ0v) is 16.0. The van der Waals surface area contributed by atoms with Crippen molar-refractivity contribution >= 4 is 34.6 Å². The van der Waals surface area contributed by atoms with E-state index in [1.54, 1.807) is 6.92 Å². The monoisotopic (exact) mass is 397 g/mol. The van der Waals surface area contributed by atoms with Crippen LogP contribution in [0.3, 0.4) is 0 Å². The van der Waals surface area contributed by atoms with E-state index in [4.69, 9.17) is 12.2 Å². The number of thiocarbonyl (C=S) groups is 1. The summed E-state index contributed by atoms with van der Waals surface area (Å²) in [5, 5.41) is 25.9. The number of nitro groups is 1. The molecule has 0 aliphatic carbocycles. The molecule has 0 bridgehead atoms. The summed E-state index contributed by atoms with van der Waals surface area (Å²) in [4.78, 5) is 24.0. The third-order valence-electron chi connectivity index (χ3n) is 3.93. The average Bonchev–Trinajstić information content (AvgIpc) is 2.69. The lowest BCUT2D eigenvalue weighted by Crippen LogP contribution is -2.49. The minimum Gasteiger partial charge on any atom is -0.350 e. The zero-order valence-electron chi connectivity index (χ0n) is 15.2. The Morgan fingerprint density at radius 2 is 1.89 bits per heavy atom. The van der Waals surface area contributed by atoms with Gasteiger partial charge in [0.25, 0.3) is 11.6 Å². The van der Waals surface area contributed by atoms with Gasteiger partial charge >= 0.3 is 0 Å². The second-order valence-electron chi connectivity index (χ2n) is 5.83. The Labute approximate surface area is 167 Å². The lowest BCUT2D eigenvalue weighted by Gasteiger charge is -2.23. The van der Waals surface area contributed by atoms with Crippen LogP contribution in [0.1, 0.15) is 12.5 Å². The minimum atomic E-state index is -0.736. The van der Waals surface area contributed by atoms with Crippen molar-refractivity contribution in [2.75, 3.05) is 11.9 Å². The Bertz CT molecular complexity index is 881. The second-order valence-corrected chi connectivity index (χ2v) is 6.24. The number of benzene rings is 2. The van der Waals surface area contributed by atoms with Crippen molar-refractivity contribution in [2.24, 2.45) is 0 Å². The molecule has 0 fully saturated rings. The Balaban J connectivity index is 2.11. The molecule has 0 saturated heterocycles. The van der Waals surface area contributed by atoms with Crippen molar-refractivity contribution < 1.29 is 9.72 Å². The molecule has 2 N–H and O–H groups in total. The SMILES string of the molecule is CCN(C#N)C(=O)C(Cc1ccccc1)NC(=S)Nc1ccc([N+](=O)[O-])cc1. The van der Waals surface area contributed by atoms with E-state index in [0.29, 0.717) is 12.1 Å². The van der Waals surface area contributed by atoms with Crippen LogP contribution in [0.25, 0.3) is 0 Å². The fourth-order valence-electron chi connectivity index (χ4n) is 2.51. The molecular formula is C19H19N5O3S. The van der Waals surface area contributed by atoms with Crippen molar-refractivity contribution in [3.63, 3.8) is 0 Å². The first-order valence-electron chi connectivity index (χ1n) is 8.51. The largest absolute Gasteiger partial charge is 0.350 e. The van der Waals surface area contributed by atoms with E-state index in [2.05, 4.69) is 10.6 Å². The standard InChI is InChI=1S/C19H19N5O3S/c1-2-23(13-20)18(25)17(12-14-6-4-3-5-7-14)22-19(28)21-15-8-10-16(11-9-15)24(26)27/h3-11,17H,2,12H2,1H3,(H2,21,22,28). The van der Waals surface area contributed by atoms with E-state index in [1.807, 2.05) is 36.5 Å². The lowest BCUT2D eigenvalue weighted by atomic mass is 10.0. The van der Waals surface area contributed by atoms with Crippen LogP contribution in [0.2, 0.25) is 0 Å². The summed E-state index contributed by atoms with van der Waals surface area (Å²) < 4.78 is 0. The van der Waals surface area contributed by atoms with Crippen LogP contribution in [0, 0.1) is 21.6 Å². The molecule has 1 amide bonds. The number of amides is 1. The van der Waals surface area contributed by atoms with Gasteiger partial charge in [0.1, 0.15) is 6.04 Å². The van der Waals surface area contributed by atoms with Gasteiger partial charge in [-0.2, -0.15) is 5.26 Å². The van der Waals surface area contributed by atoms with Crippen LogP contribution in [0.4, 0.5) is 11.4 Å².